The van der Waals surface area contributed by atoms with Gasteiger partial charge in [0.25, 0.3) is 0 Å². The summed E-state index contributed by atoms with van der Waals surface area (Å²) in [4.78, 5) is 2.44. The molecule has 2 aliphatic rings. The highest BCUT2D eigenvalue weighted by Gasteiger charge is 2.38. The van der Waals surface area contributed by atoms with Crippen LogP contribution >= 0.6 is 0 Å². The Morgan fingerprint density at radius 2 is 1.17 bits per heavy atom. The quantitative estimate of drug-likeness (QED) is 0.181. The van der Waals surface area contributed by atoms with Crippen molar-refractivity contribution in [3.63, 3.8) is 0 Å². The molecule has 0 bridgehead atoms. The molecular weight excluding hydrogens is 657 g/mol. The third-order valence-corrected chi connectivity index (χ3v) is 11.0. The summed E-state index contributed by atoms with van der Waals surface area (Å²) < 4.78 is 2.44. The lowest BCUT2D eigenvalue weighted by molar-refractivity contribution is 0.821. The van der Waals surface area contributed by atoms with Crippen molar-refractivity contribution in [3.8, 4) is 51.2 Å². The number of nitriles is 2. The van der Waals surface area contributed by atoms with Crippen molar-refractivity contribution in [2.75, 3.05) is 4.90 Å². The molecule has 2 heterocycles. The van der Waals surface area contributed by atoms with Crippen LogP contribution in [-0.4, -0.2) is 4.57 Å². The lowest BCUT2D eigenvalue weighted by atomic mass is 9.83. The zero-order chi connectivity index (χ0) is 36.2. The van der Waals surface area contributed by atoms with Crippen LogP contribution in [-0.2, 0) is 0 Å². The molecule has 4 nitrogen and oxygen atoms in total. The largest absolute Gasteiger partial charge is 0.313 e. The van der Waals surface area contributed by atoms with Gasteiger partial charge in [0.1, 0.15) is 0 Å². The normalized spacial score (nSPS) is 14.4. The Hall–Kier alpha value is -7.40. The first kappa shape index (κ1) is 31.3. The molecule has 0 N–H and O–H groups in total. The molecule has 1 aliphatic heterocycles. The first-order valence-corrected chi connectivity index (χ1v) is 18.3. The molecule has 1 aliphatic carbocycles. The fraction of sp³-hybridized carbons (Fsp3) is 0.0400. The van der Waals surface area contributed by atoms with Crippen molar-refractivity contribution in [2.24, 2.45) is 0 Å². The van der Waals surface area contributed by atoms with Crippen LogP contribution in [0.5, 0.6) is 0 Å². The number of hydrogen-bond donors (Lipinski definition) is 0. The van der Waals surface area contributed by atoms with E-state index in [2.05, 4.69) is 143 Å². The van der Waals surface area contributed by atoms with Crippen molar-refractivity contribution < 1.29 is 0 Å². The molecule has 0 saturated carbocycles. The summed E-state index contributed by atoms with van der Waals surface area (Å²) >= 11 is 0. The number of para-hydroxylation sites is 2. The Labute approximate surface area is 314 Å². The molecule has 8 aromatic rings. The second-order valence-corrected chi connectivity index (χ2v) is 13.8. The van der Waals surface area contributed by atoms with E-state index >= 15 is 0 Å². The van der Waals surface area contributed by atoms with Crippen molar-refractivity contribution in [1.82, 2.24) is 4.57 Å². The highest BCUT2D eigenvalue weighted by Crippen LogP contribution is 2.56. The summed E-state index contributed by atoms with van der Waals surface area (Å²) in [5.74, 6) is 0.144. The van der Waals surface area contributed by atoms with Crippen molar-refractivity contribution in [2.45, 2.75) is 12.3 Å². The zero-order valence-electron chi connectivity index (χ0n) is 29.3. The van der Waals surface area contributed by atoms with Crippen LogP contribution in [0.4, 0.5) is 11.4 Å². The standard InChI is InChI=1S/C50H32N4/c51-31-35-19-14-20-36(32-52)47(35)48-42(33-15-4-1-5-16-33)29-38(30-43(48)34-17-6-2-7-18-34)53-45-26-13-11-24-41(45)49-46(53)28-27-40-39-23-10-12-25-44(39)54(50(40)49)37-21-8-3-9-22-37/h1-23,25-30,41H,24H2. The smallest absolute Gasteiger partial charge is 0.0998 e. The summed E-state index contributed by atoms with van der Waals surface area (Å²) in [6.45, 7) is 0. The SMILES string of the molecule is N#Cc1cccc(C#N)c1-c1c(-c2ccccc2)cc(N2C3=CC=CCC3c3c2ccc2c4ccccc4n(-c4ccccc4)c32)cc1-c1ccccc1. The molecular formula is C50H32N4. The van der Waals surface area contributed by atoms with E-state index in [1.165, 1.54) is 33.1 Å². The van der Waals surface area contributed by atoms with E-state index in [0.717, 1.165) is 51.3 Å². The second-order valence-electron chi connectivity index (χ2n) is 13.8. The summed E-state index contributed by atoms with van der Waals surface area (Å²) in [6.07, 6.45) is 7.63. The maximum atomic E-state index is 10.4. The van der Waals surface area contributed by atoms with Gasteiger partial charge in [0.15, 0.2) is 0 Å². The molecule has 1 unspecified atom stereocenters. The van der Waals surface area contributed by atoms with E-state index in [9.17, 15) is 10.5 Å². The Kier molecular flexibility index (Phi) is 7.36. The number of hydrogen-bond acceptors (Lipinski definition) is 3. The van der Waals surface area contributed by atoms with Crippen molar-refractivity contribution in [1.29, 1.82) is 10.5 Å². The van der Waals surface area contributed by atoms with E-state index in [1.807, 2.05) is 48.5 Å². The number of fused-ring (bicyclic) bond motifs is 7. The molecule has 252 valence electrons. The highest BCUT2D eigenvalue weighted by atomic mass is 15.2. The Morgan fingerprint density at radius 1 is 0.556 bits per heavy atom. The highest BCUT2D eigenvalue weighted by molar-refractivity contribution is 6.13. The zero-order valence-corrected chi connectivity index (χ0v) is 29.3. The maximum Gasteiger partial charge on any atom is 0.0998 e. The van der Waals surface area contributed by atoms with Crippen LogP contribution in [0.1, 0.15) is 29.0 Å². The number of rotatable bonds is 5. The van der Waals surface area contributed by atoms with Gasteiger partial charge < -0.3 is 9.47 Å². The lowest BCUT2D eigenvalue weighted by Gasteiger charge is -2.28. The third kappa shape index (κ3) is 4.75. The maximum absolute atomic E-state index is 10.4. The Balaban J connectivity index is 1.32. The molecule has 0 spiro atoms. The van der Waals surface area contributed by atoms with Gasteiger partial charge in [-0.15, -0.1) is 0 Å². The van der Waals surface area contributed by atoms with Gasteiger partial charge in [-0.2, -0.15) is 10.5 Å². The lowest BCUT2D eigenvalue weighted by Crippen LogP contribution is -2.15. The number of benzene rings is 7. The minimum atomic E-state index is 0.144. The second kappa shape index (κ2) is 12.7. The fourth-order valence-electron chi connectivity index (χ4n) is 8.72. The van der Waals surface area contributed by atoms with Gasteiger partial charge in [-0.05, 0) is 83.3 Å². The van der Waals surface area contributed by atoms with Gasteiger partial charge in [-0.25, -0.2) is 0 Å². The van der Waals surface area contributed by atoms with E-state index in [1.54, 1.807) is 6.07 Å². The summed E-state index contributed by atoms with van der Waals surface area (Å²) in [7, 11) is 0. The molecule has 0 fully saturated rings. The monoisotopic (exact) mass is 688 g/mol. The molecule has 4 heteroatoms. The molecule has 0 saturated heterocycles. The van der Waals surface area contributed by atoms with Crippen LogP contribution < -0.4 is 4.90 Å². The van der Waals surface area contributed by atoms with E-state index in [4.69, 9.17) is 0 Å². The van der Waals surface area contributed by atoms with Crippen LogP contribution in [0.15, 0.2) is 182 Å². The molecule has 1 aromatic heterocycles. The van der Waals surface area contributed by atoms with Gasteiger partial charge in [0, 0.05) is 50.5 Å². The predicted molar refractivity (Wildman–Crippen MR) is 220 cm³/mol. The van der Waals surface area contributed by atoms with Gasteiger partial charge in [-0.1, -0.05) is 121 Å². The van der Waals surface area contributed by atoms with Crippen LogP contribution in [0.2, 0.25) is 0 Å². The fourth-order valence-corrected chi connectivity index (χ4v) is 8.72. The number of anilines is 2. The molecule has 0 radical (unpaired) electrons. The van der Waals surface area contributed by atoms with Gasteiger partial charge in [-0.3, -0.25) is 0 Å². The van der Waals surface area contributed by atoms with Gasteiger partial charge in [0.2, 0.25) is 0 Å². The number of nitrogens with zero attached hydrogens (tertiary/aromatic N) is 4. The number of aromatic nitrogens is 1. The van der Waals surface area contributed by atoms with E-state index in [-0.39, 0.29) is 5.92 Å². The average Bonchev–Trinajstić information content (AvgIpc) is 3.77. The van der Waals surface area contributed by atoms with Crippen molar-refractivity contribution >= 4 is 33.2 Å². The minimum absolute atomic E-state index is 0.144. The van der Waals surface area contributed by atoms with Gasteiger partial charge >= 0.3 is 0 Å². The predicted octanol–water partition coefficient (Wildman–Crippen LogP) is 12.6. The summed E-state index contributed by atoms with van der Waals surface area (Å²) in [5.41, 5.74) is 14.7. The Bertz CT molecular complexity index is 2830. The molecule has 54 heavy (non-hydrogen) atoms. The first-order chi connectivity index (χ1) is 26.7. The van der Waals surface area contributed by atoms with Crippen LogP contribution in [0, 0.1) is 22.7 Å². The molecule has 0 amide bonds. The van der Waals surface area contributed by atoms with E-state index < -0.39 is 0 Å². The van der Waals surface area contributed by atoms with E-state index in [0.29, 0.717) is 16.7 Å². The van der Waals surface area contributed by atoms with Crippen LogP contribution in [0.25, 0.3) is 60.9 Å². The van der Waals surface area contributed by atoms with Gasteiger partial charge in [0.05, 0.1) is 40.0 Å². The van der Waals surface area contributed by atoms with Crippen LogP contribution in [0.3, 0.4) is 0 Å². The minimum Gasteiger partial charge on any atom is -0.313 e. The molecule has 7 aromatic carbocycles. The first-order valence-electron chi connectivity index (χ1n) is 18.3. The molecule has 10 rings (SSSR count). The number of allylic oxidation sites excluding steroid dienone is 4. The third-order valence-electron chi connectivity index (χ3n) is 11.0. The average molecular weight is 689 g/mol. The summed E-state index contributed by atoms with van der Waals surface area (Å²) in [6, 6.07) is 59.4. The van der Waals surface area contributed by atoms with Crippen molar-refractivity contribution in [3.05, 3.63) is 198 Å². The Morgan fingerprint density at radius 3 is 1.81 bits per heavy atom. The summed E-state index contributed by atoms with van der Waals surface area (Å²) in [5, 5.41) is 23.4. The topological polar surface area (TPSA) is 55.8 Å². The molecule has 1 atom stereocenters.